The number of nitrogens with zero attached hydrogens (tertiary/aromatic N) is 1. The second-order valence-corrected chi connectivity index (χ2v) is 5.35. The Morgan fingerprint density at radius 2 is 2.05 bits per heavy atom. The van der Waals surface area contributed by atoms with Crippen LogP contribution in [-0.2, 0) is 4.74 Å². The maximum Gasteiger partial charge on any atom is 0.0643 e. The Hall–Kier alpha value is -0.770. The molecule has 0 aliphatic carbocycles. The van der Waals surface area contributed by atoms with Gasteiger partial charge in [-0.3, -0.25) is 0 Å². The minimum absolute atomic E-state index is 0.00238. The summed E-state index contributed by atoms with van der Waals surface area (Å²) >= 11 is 6.41. The van der Waals surface area contributed by atoms with Gasteiger partial charge in [0.2, 0.25) is 0 Å². The molecule has 4 heteroatoms. The zero-order valence-electron chi connectivity index (χ0n) is 12.3. The molecule has 0 heterocycles. The van der Waals surface area contributed by atoms with E-state index in [4.69, 9.17) is 22.1 Å². The van der Waals surface area contributed by atoms with Gasteiger partial charge in [0, 0.05) is 25.7 Å². The molecule has 0 aromatic heterocycles. The van der Waals surface area contributed by atoms with Gasteiger partial charge in [0.1, 0.15) is 0 Å². The molecule has 0 radical (unpaired) electrons. The van der Waals surface area contributed by atoms with Crippen LogP contribution >= 0.6 is 11.6 Å². The number of hydrogen-bond acceptors (Lipinski definition) is 3. The maximum absolute atomic E-state index is 6.41. The molecule has 2 N–H and O–H groups in total. The van der Waals surface area contributed by atoms with Crippen LogP contribution in [0.15, 0.2) is 18.2 Å². The monoisotopic (exact) mass is 284 g/mol. The summed E-state index contributed by atoms with van der Waals surface area (Å²) in [5, 5.41) is 0.756. The molecule has 0 aliphatic heterocycles. The van der Waals surface area contributed by atoms with E-state index >= 15 is 0 Å². The third kappa shape index (κ3) is 4.37. The summed E-state index contributed by atoms with van der Waals surface area (Å²) < 4.78 is 5.19. The van der Waals surface area contributed by atoms with Crippen molar-refractivity contribution >= 4 is 17.3 Å². The van der Waals surface area contributed by atoms with Crippen molar-refractivity contribution in [1.82, 2.24) is 0 Å². The van der Waals surface area contributed by atoms with Crippen LogP contribution in [0.2, 0.25) is 5.02 Å². The van der Waals surface area contributed by atoms with E-state index < -0.39 is 0 Å². The fourth-order valence-electron chi connectivity index (χ4n) is 2.03. The highest BCUT2D eigenvalue weighted by Crippen LogP contribution is 2.30. The fourth-order valence-corrected chi connectivity index (χ4v) is 2.33. The lowest BCUT2D eigenvalue weighted by Gasteiger charge is -2.31. The predicted octanol–water partition coefficient (Wildman–Crippen LogP) is 3.61. The predicted molar refractivity (Wildman–Crippen MR) is 83.0 cm³/mol. The van der Waals surface area contributed by atoms with E-state index in [0.717, 1.165) is 29.2 Å². The normalized spacial score (nSPS) is 14.2. The third-order valence-corrected chi connectivity index (χ3v) is 3.77. The highest BCUT2D eigenvalue weighted by Gasteiger charge is 2.16. The molecule has 108 valence electrons. The van der Waals surface area contributed by atoms with Gasteiger partial charge < -0.3 is 15.4 Å². The Morgan fingerprint density at radius 1 is 1.37 bits per heavy atom. The lowest BCUT2D eigenvalue weighted by atomic mass is 10.1. The van der Waals surface area contributed by atoms with E-state index in [1.807, 2.05) is 19.1 Å². The van der Waals surface area contributed by atoms with Crippen molar-refractivity contribution in [3.8, 4) is 0 Å². The summed E-state index contributed by atoms with van der Waals surface area (Å²) in [5.41, 5.74) is 8.00. The van der Waals surface area contributed by atoms with Crippen LogP contribution in [0.5, 0.6) is 0 Å². The standard InChI is InChI=1S/C15H25ClN2O/c1-5-11(2)18(8-9-19-4)15-7-6-13(12(3)17)10-14(15)16/h6-7,10-12H,5,8-9,17H2,1-4H3/t11?,12-/m0/s1. The molecule has 19 heavy (non-hydrogen) atoms. The smallest absolute Gasteiger partial charge is 0.0643 e. The molecule has 0 saturated heterocycles. The molecular formula is C15H25ClN2O. The van der Waals surface area contributed by atoms with Gasteiger partial charge in [-0.05, 0) is 38.0 Å². The first kappa shape index (κ1) is 16.3. The van der Waals surface area contributed by atoms with Crippen molar-refractivity contribution in [2.75, 3.05) is 25.2 Å². The first-order valence-electron chi connectivity index (χ1n) is 6.81. The zero-order valence-corrected chi connectivity index (χ0v) is 13.1. The topological polar surface area (TPSA) is 38.5 Å². The van der Waals surface area contributed by atoms with Gasteiger partial charge >= 0.3 is 0 Å². The molecule has 3 nitrogen and oxygen atoms in total. The molecule has 0 bridgehead atoms. The second-order valence-electron chi connectivity index (χ2n) is 4.94. The number of halogens is 1. The zero-order chi connectivity index (χ0) is 14.4. The molecule has 2 atom stereocenters. The van der Waals surface area contributed by atoms with Crippen LogP contribution in [0.4, 0.5) is 5.69 Å². The number of hydrogen-bond donors (Lipinski definition) is 1. The van der Waals surface area contributed by atoms with Crippen molar-refractivity contribution in [3.63, 3.8) is 0 Å². The Morgan fingerprint density at radius 3 is 2.53 bits per heavy atom. The summed E-state index contributed by atoms with van der Waals surface area (Å²) in [5.74, 6) is 0. The van der Waals surface area contributed by atoms with Crippen LogP contribution in [0.3, 0.4) is 0 Å². The molecule has 1 aromatic rings. The summed E-state index contributed by atoms with van der Waals surface area (Å²) in [6.45, 7) is 7.86. The lowest BCUT2D eigenvalue weighted by molar-refractivity contribution is 0.203. The first-order valence-corrected chi connectivity index (χ1v) is 7.19. The molecule has 0 spiro atoms. The van der Waals surface area contributed by atoms with Gasteiger partial charge in [-0.25, -0.2) is 0 Å². The highest BCUT2D eigenvalue weighted by molar-refractivity contribution is 6.33. The average molecular weight is 285 g/mol. The summed E-state index contributed by atoms with van der Waals surface area (Å²) in [6, 6.07) is 6.50. The average Bonchev–Trinajstić information content (AvgIpc) is 2.39. The second kappa shape index (κ2) is 7.73. The molecular weight excluding hydrogens is 260 g/mol. The quantitative estimate of drug-likeness (QED) is 0.831. The number of rotatable bonds is 7. The maximum atomic E-state index is 6.41. The van der Waals surface area contributed by atoms with Gasteiger partial charge in [-0.2, -0.15) is 0 Å². The van der Waals surface area contributed by atoms with Crippen molar-refractivity contribution < 1.29 is 4.74 Å². The Kier molecular flexibility index (Phi) is 6.63. The van der Waals surface area contributed by atoms with Crippen LogP contribution in [0, 0.1) is 0 Å². The van der Waals surface area contributed by atoms with Crippen molar-refractivity contribution in [1.29, 1.82) is 0 Å². The molecule has 1 aromatic carbocycles. The van der Waals surface area contributed by atoms with E-state index in [2.05, 4.69) is 24.8 Å². The van der Waals surface area contributed by atoms with E-state index in [1.165, 1.54) is 0 Å². The molecule has 0 aliphatic rings. The van der Waals surface area contributed by atoms with Crippen molar-refractivity contribution in [2.24, 2.45) is 5.73 Å². The molecule has 0 saturated carbocycles. The van der Waals surface area contributed by atoms with Crippen molar-refractivity contribution in [2.45, 2.75) is 39.3 Å². The Balaban J connectivity index is 3.01. The van der Waals surface area contributed by atoms with E-state index in [-0.39, 0.29) is 6.04 Å². The third-order valence-electron chi connectivity index (χ3n) is 3.47. The summed E-state index contributed by atoms with van der Waals surface area (Å²) in [6.07, 6.45) is 1.06. The van der Waals surface area contributed by atoms with E-state index in [1.54, 1.807) is 7.11 Å². The SMILES string of the molecule is CCC(C)N(CCOC)c1ccc([C@H](C)N)cc1Cl. The molecule has 0 amide bonds. The van der Waals surface area contributed by atoms with E-state index in [0.29, 0.717) is 12.6 Å². The Labute approximate surface area is 121 Å². The van der Waals surface area contributed by atoms with Crippen LogP contribution in [0.1, 0.15) is 38.8 Å². The number of anilines is 1. The van der Waals surface area contributed by atoms with E-state index in [9.17, 15) is 0 Å². The Bertz CT molecular complexity index is 396. The molecule has 1 rings (SSSR count). The number of benzene rings is 1. The fraction of sp³-hybridized carbons (Fsp3) is 0.600. The van der Waals surface area contributed by atoms with Crippen LogP contribution in [0.25, 0.3) is 0 Å². The largest absolute Gasteiger partial charge is 0.383 e. The number of ether oxygens (including phenoxy) is 1. The van der Waals surface area contributed by atoms with Crippen LogP contribution in [-0.4, -0.2) is 26.3 Å². The first-order chi connectivity index (χ1) is 9.01. The molecule has 1 unspecified atom stereocenters. The summed E-state index contributed by atoms with van der Waals surface area (Å²) in [7, 11) is 1.72. The number of methoxy groups -OCH3 is 1. The van der Waals surface area contributed by atoms with Gasteiger partial charge in [0.15, 0.2) is 0 Å². The van der Waals surface area contributed by atoms with Gasteiger partial charge in [0.25, 0.3) is 0 Å². The lowest BCUT2D eigenvalue weighted by Crippen LogP contribution is -2.35. The summed E-state index contributed by atoms with van der Waals surface area (Å²) in [4.78, 5) is 2.29. The highest BCUT2D eigenvalue weighted by atomic mass is 35.5. The van der Waals surface area contributed by atoms with Crippen LogP contribution < -0.4 is 10.6 Å². The molecule has 0 fully saturated rings. The van der Waals surface area contributed by atoms with Gasteiger partial charge in [0.05, 0.1) is 17.3 Å². The number of nitrogens with two attached hydrogens (primary N) is 1. The van der Waals surface area contributed by atoms with Gasteiger partial charge in [-0.1, -0.05) is 24.6 Å². The van der Waals surface area contributed by atoms with Crippen molar-refractivity contribution in [3.05, 3.63) is 28.8 Å². The minimum atomic E-state index is 0.00238. The van der Waals surface area contributed by atoms with Gasteiger partial charge in [-0.15, -0.1) is 0 Å². The minimum Gasteiger partial charge on any atom is -0.383 e.